The largest absolute Gasteiger partial charge is 0.351 e. The summed E-state index contributed by atoms with van der Waals surface area (Å²) in [4.78, 5) is 13.6. The first-order valence-corrected chi connectivity index (χ1v) is 11.6. The van der Waals surface area contributed by atoms with Crippen LogP contribution in [0.3, 0.4) is 0 Å². The molecule has 0 fully saturated rings. The maximum Gasteiger partial charge on any atom is 0.251 e. The van der Waals surface area contributed by atoms with Crippen molar-refractivity contribution in [2.24, 2.45) is 0 Å². The summed E-state index contributed by atoms with van der Waals surface area (Å²) < 4.78 is 26.7. The second kappa shape index (κ2) is 10.2. The maximum atomic E-state index is 12.2. The zero-order valence-corrected chi connectivity index (χ0v) is 17.4. The van der Waals surface area contributed by atoms with Gasteiger partial charge in [-0.2, -0.15) is 0 Å². The van der Waals surface area contributed by atoms with Gasteiger partial charge in [-0.3, -0.25) is 4.79 Å². The van der Waals surface area contributed by atoms with E-state index in [1.165, 1.54) is 17.0 Å². The molecule has 1 amide bonds. The molecule has 0 heterocycles. The van der Waals surface area contributed by atoms with Gasteiger partial charge in [0.05, 0.1) is 4.90 Å². The lowest BCUT2D eigenvalue weighted by molar-refractivity contribution is 0.0954. The topological polar surface area (TPSA) is 75.3 Å². The average molecular weight is 427 g/mol. The number of carbonyl (C=O) groups excluding carboxylic acids is 1. The first-order valence-electron chi connectivity index (χ1n) is 9.14. The second-order valence-corrected chi connectivity index (χ2v) is 9.08. The fraction of sp³-hybridized carbons (Fsp3) is 0.136. The van der Waals surface area contributed by atoms with Gasteiger partial charge in [-0.15, -0.1) is 11.8 Å². The van der Waals surface area contributed by atoms with Crippen LogP contribution in [0.4, 0.5) is 0 Å². The normalized spacial score (nSPS) is 11.2. The van der Waals surface area contributed by atoms with Gasteiger partial charge in [-0.1, -0.05) is 48.5 Å². The highest BCUT2D eigenvalue weighted by Gasteiger charge is 2.12. The van der Waals surface area contributed by atoms with E-state index in [9.17, 15) is 13.2 Å². The third kappa shape index (κ3) is 6.45. The Bertz CT molecular complexity index is 1020. The Kier molecular flexibility index (Phi) is 7.46. The molecule has 0 aliphatic rings. The number of nitrogens with one attached hydrogen (secondary N) is 2. The number of hydrogen-bond acceptors (Lipinski definition) is 4. The highest BCUT2D eigenvalue weighted by molar-refractivity contribution is 7.98. The zero-order chi connectivity index (χ0) is 20.5. The van der Waals surface area contributed by atoms with Gasteiger partial charge in [0, 0.05) is 29.3 Å². The number of carbonyl (C=O) groups is 1. The molecule has 5 nitrogen and oxygen atoms in total. The van der Waals surface area contributed by atoms with Gasteiger partial charge in [0.15, 0.2) is 0 Å². The molecule has 0 aromatic heterocycles. The minimum Gasteiger partial charge on any atom is -0.351 e. The molecule has 0 radical (unpaired) electrons. The molecule has 150 valence electrons. The quantitative estimate of drug-likeness (QED) is 0.404. The molecular formula is C22H22N2O3S2. The number of thioether (sulfide) groups is 1. The van der Waals surface area contributed by atoms with Gasteiger partial charge in [0.1, 0.15) is 0 Å². The minimum atomic E-state index is -3.56. The maximum absolute atomic E-state index is 12.2. The van der Waals surface area contributed by atoms with E-state index in [4.69, 9.17) is 0 Å². The lowest BCUT2D eigenvalue weighted by Gasteiger charge is -2.08. The van der Waals surface area contributed by atoms with Gasteiger partial charge >= 0.3 is 0 Å². The number of sulfonamides is 1. The predicted molar refractivity (Wildman–Crippen MR) is 116 cm³/mol. The monoisotopic (exact) mass is 426 g/mol. The molecule has 0 aliphatic heterocycles. The Labute approximate surface area is 175 Å². The lowest BCUT2D eigenvalue weighted by Crippen LogP contribution is -2.34. The molecule has 0 saturated heterocycles. The Balaban J connectivity index is 1.43. The van der Waals surface area contributed by atoms with Crippen LogP contribution in [-0.4, -0.2) is 27.4 Å². The first-order chi connectivity index (χ1) is 14.0. The third-order valence-corrected chi connectivity index (χ3v) is 6.68. The van der Waals surface area contributed by atoms with Crippen molar-refractivity contribution in [1.82, 2.24) is 10.0 Å². The fourth-order valence-electron chi connectivity index (χ4n) is 2.58. The number of rotatable bonds is 9. The molecule has 29 heavy (non-hydrogen) atoms. The van der Waals surface area contributed by atoms with Crippen LogP contribution in [0, 0.1) is 0 Å². The molecule has 0 aliphatic carbocycles. The van der Waals surface area contributed by atoms with E-state index in [2.05, 4.69) is 22.2 Å². The standard InChI is InChI=1S/C22H22N2O3S2/c25-22(23-15-16-24-29(26,27)21-9-5-2-6-10-21)19-13-11-18(12-14-19)17-28-20-7-3-1-4-8-20/h1-14,24H,15-17H2,(H,23,25). The number of amides is 1. The van der Waals surface area contributed by atoms with E-state index in [1.807, 2.05) is 30.3 Å². The number of benzene rings is 3. The van der Waals surface area contributed by atoms with Crippen molar-refractivity contribution in [3.05, 3.63) is 96.1 Å². The summed E-state index contributed by atoms with van der Waals surface area (Å²) in [6, 6.07) is 25.7. The molecule has 2 N–H and O–H groups in total. The molecule has 0 atom stereocenters. The Morgan fingerprint density at radius 1 is 0.793 bits per heavy atom. The van der Waals surface area contributed by atoms with Gasteiger partial charge < -0.3 is 5.32 Å². The van der Waals surface area contributed by atoms with Gasteiger partial charge in [0.2, 0.25) is 10.0 Å². The highest BCUT2D eigenvalue weighted by Crippen LogP contribution is 2.22. The van der Waals surface area contributed by atoms with E-state index in [1.54, 1.807) is 42.1 Å². The molecule has 0 saturated carbocycles. The van der Waals surface area contributed by atoms with Crippen molar-refractivity contribution < 1.29 is 13.2 Å². The smallest absolute Gasteiger partial charge is 0.251 e. The van der Waals surface area contributed by atoms with Gasteiger partial charge in [-0.25, -0.2) is 13.1 Å². The van der Waals surface area contributed by atoms with Crippen LogP contribution < -0.4 is 10.0 Å². The van der Waals surface area contributed by atoms with Crippen LogP contribution >= 0.6 is 11.8 Å². The fourth-order valence-corrected chi connectivity index (χ4v) is 4.51. The molecule has 3 aromatic carbocycles. The van der Waals surface area contributed by atoms with Crippen molar-refractivity contribution in [3.8, 4) is 0 Å². The summed E-state index contributed by atoms with van der Waals surface area (Å²) in [7, 11) is -3.56. The molecule has 3 aromatic rings. The van der Waals surface area contributed by atoms with E-state index in [-0.39, 0.29) is 23.9 Å². The van der Waals surface area contributed by atoms with Crippen LogP contribution in [0.2, 0.25) is 0 Å². The zero-order valence-electron chi connectivity index (χ0n) is 15.7. The van der Waals surface area contributed by atoms with E-state index < -0.39 is 10.0 Å². The third-order valence-electron chi connectivity index (χ3n) is 4.12. The highest BCUT2D eigenvalue weighted by atomic mass is 32.2. The van der Waals surface area contributed by atoms with Crippen LogP contribution in [0.25, 0.3) is 0 Å². The molecule has 7 heteroatoms. The van der Waals surface area contributed by atoms with Crippen molar-refractivity contribution >= 4 is 27.7 Å². The minimum absolute atomic E-state index is 0.120. The first kappa shape index (κ1) is 21.1. The average Bonchev–Trinajstić information content (AvgIpc) is 2.77. The summed E-state index contributed by atoms with van der Waals surface area (Å²) in [6.45, 7) is 0.325. The molecule has 0 spiro atoms. The van der Waals surface area contributed by atoms with Crippen LogP contribution in [0.5, 0.6) is 0 Å². The van der Waals surface area contributed by atoms with Crippen molar-refractivity contribution in [2.45, 2.75) is 15.5 Å². The van der Waals surface area contributed by atoms with E-state index in [0.29, 0.717) is 5.56 Å². The summed E-state index contributed by atoms with van der Waals surface area (Å²) in [6.07, 6.45) is 0. The van der Waals surface area contributed by atoms with Crippen molar-refractivity contribution in [1.29, 1.82) is 0 Å². The Morgan fingerprint density at radius 2 is 1.41 bits per heavy atom. The van der Waals surface area contributed by atoms with Gasteiger partial charge in [-0.05, 0) is 42.0 Å². The van der Waals surface area contributed by atoms with Crippen LogP contribution in [0.1, 0.15) is 15.9 Å². The summed E-state index contributed by atoms with van der Waals surface area (Å²) in [5.41, 5.74) is 1.68. The van der Waals surface area contributed by atoms with Crippen LogP contribution in [-0.2, 0) is 15.8 Å². The van der Waals surface area contributed by atoms with Gasteiger partial charge in [0.25, 0.3) is 5.91 Å². The number of hydrogen-bond donors (Lipinski definition) is 2. The van der Waals surface area contributed by atoms with E-state index in [0.717, 1.165) is 11.3 Å². The van der Waals surface area contributed by atoms with Crippen molar-refractivity contribution in [2.75, 3.05) is 13.1 Å². The lowest BCUT2D eigenvalue weighted by atomic mass is 10.1. The van der Waals surface area contributed by atoms with Crippen molar-refractivity contribution in [3.63, 3.8) is 0 Å². The Hall–Kier alpha value is -2.61. The summed E-state index contributed by atoms with van der Waals surface area (Å²) >= 11 is 1.74. The molecular weight excluding hydrogens is 404 g/mol. The molecule has 0 bridgehead atoms. The molecule has 3 rings (SSSR count). The van der Waals surface area contributed by atoms with E-state index >= 15 is 0 Å². The molecule has 0 unspecified atom stereocenters. The summed E-state index contributed by atoms with van der Waals surface area (Å²) in [5, 5.41) is 2.73. The predicted octanol–water partition coefficient (Wildman–Crippen LogP) is 3.69. The Morgan fingerprint density at radius 3 is 2.07 bits per heavy atom. The summed E-state index contributed by atoms with van der Waals surface area (Å²) in [5.74, 6) is 0.596. The second-order valence-electron chi connectivity index (χ2n) is 6.27. The SMILES string of the molecule is O=C(NCCNS(=O)(=O)c1ccccc1)c1ccc(CSc2ccccc2)cc1. The van der Waals surface area contributed by atoms with Crippen LogP contribution in [0.15, 0.2) is 94.7 Å².